The Morgan fingerprint density at radius 2 is 1.75 bits per heavy atom. The Morgan fingerprint density at radius 1 is 1.15 bits per heavy atom. The number of benzene rings is 2. The van der Waals surface area contributed by atoms with E-state index in [1.807, 2.05) is 25.1 Å². The molecule has 0 saturated heterocycles. The average molecular weight is 298 g/mol. The minimum atomic E-state index is -4.69. The lowest BCUT2D eigenvalue weighted by Crippen LogP contribution is -2.58. The highest BCUT2D eigenvalue weighted by Crippen LogP contribution is 2.35. The first-order valence-corrected chi connectivity index (χ1v) is 7.03. The number of halogens is 1. The number of aliphatic imine (C=N–C) groups is 1. The molecule has 0 unspecified atom stereocenters. The Bertz CT molecular complexity index is 639. The minimum absolute atomic E-state index is 0.656. The molecule has 0 spiro atoms. The van der Waals surface area contributed by atoms with Crippen LogP contribution >= 0.6 is 0 Å². The lowest BCUT2D eigenvalue weighted by atomic mass is 10.1. The van der Waals surface area contributed by atoms with Crippen LogP contribution in [0.25, 0.3) is 10.8 Å². The summed E-state index contributed by atoms with van der Waals surface area (Å²) in [5.41, 5.74) is 2.14. The van der Waals surface area contributed by atoms with E-state index < -0.39 is 10.2 Å². The normalized spacial score (nSPS) is 12.8. The fourth-order valence-electron chi connectivity index (χ4n) is 2.01. The van der Waals surface area contributed by atoms with Crippen LogP contribution < -0.4 is 14.0 Å². The van der Waals surface area contributed by atoms with Crippen molar-refractivity contribution in [3.8, 4) is 0 Å². The molecule has 2 aromatic rings. The van der Waals surface area contributed by atoms with Gasteiger partial charge >= 0.3 is 0 Å². The number of hydrogen-bond acceptors (Lipinski definition) is 6. The van der Waals surface area contributed by atoms with Crippen molar-refractivity contribution in [3.63, 3.8) is 0 Å². The maximum absolute atomic E-state index is 8.60. The van der Waals surface area contributed by atoms with E-state index in [1.54, 1.807) is 0 Å². The summed E-state index contributed by atoms with van der Waals surface area (Å²) in [5, 5.41) is 2.44. The molecule has 0 amide bonds. The second-order valence-corrected chi connectivity index (χ2v) is 4.72. The van der Waals surface area contributed by atoms with Gasteiger partial charge in [0.05, 0.1) is 27.2 Å². The van der Waals surface area contributed by atoms with Crippen LogP contribution in [0.15, 0.2) is 41.4 Å². The molecule has 2 aromatic carbocycles. The van der Waals surface area contributed by atoms with Gasteiger partial charge in [0.15, 0.2) is 0 Å². The summed E-state index contributed by atoms with van der Waals surface area (Å²) < 4.78 is 38.2. The third kappa shape index (κ3) is 3.44. The van der Waals surface area contributed by atoms with Gasteiger partial charge in [-0.1, -0.05) is 24.3 Å². The lowest BCUT2D eigenvalue weighted by molar-refractivity contribution is -1.92. The summed E-state index contributed by atoms with van der Waals surface area (Å²) in [6, 6.07) is 12.4. The quantitative estimate of drug-likeness (QED) is 0.736. The molecule has 0 aliphatic carbocycles. The van der Waals surface area contributed by atoms with Gasteiger partial charge in [-0.2, -0.15) is 14.0 Å². The van der Waals surface area contributed by atoms with E-state index in [2.05, 4.69) is 23.2 Å². The molecule has 0 atom stereocenters. The average Bonchev–Trinajstić information content (AvgIpc) is 2.69. The second kappa shape index (κ2) is 5.74. The molecule has 0 bridgehead atoms. The van der Waals surface area contributed by atoms with Gasteiger partial charge in [-0.05, 0) is 24.4 Å². The van der Waals surface area contributed by atoms with Crippen molar-refractivity contribution in [2.45, 2.75) is 6.92 Å². The first-order chi connectivity index (χ1) is 9.40. The van der Waals surface area contributed by atoms with Crippen LogP contribution in [0.1, 0.15) is 12.5 Å². The number of nitrogens with zero attached hydrogens (tertiary/aromatic N) is 1. The molecular formula is C13H12ClNO5. The van der Waals surface area contributed by atoms with Crippen LogP contribution in [0.5, 0.6) is 0 Å². The van der Waals surface area contributed by atoms with Crippen LogP contribution in [-0.4, -0.2) is 17.2 Å². The summed E-state index contributed by atoms with van der Waals surface area (Å²) in [6.07, 6.45) is 0. The van der Waals surface area contributed by atoms with Gasteiger partial charge in [-0.15, -0.1) is 0 Å². The van der Waals surface area contributed by atoms with Gasteiger partial charge in [0.2, 0.25) is 5.90 Å². The molecule has 20 heavy (non-hydrogen) atoms. The Hall–Kier alpha value is -1.70. The fourth-order valence-corrected chi connectivity index (χ4v) is 2.01. The van der Waals surface area contributed by atoms with Crippen molar-refractivity contribution >= 4 is 22.4 Å². The summed E-state index contributed by atoms with van der Waals surface area (Å²) in [7, 11) is -4.69. The van der Waals surface area contributed by atoms with Gasteiger partial charge in [-0.25, -0.2) is 4.99 Å². The van der Waals surface area contributed by atoms with E-state index in [0.717, 1.165) is 17.1 Å². The molecule has 0 saturated carbocycles. The van der Waals surface area contributed by atoms with Gasteiger partial charge in [-0.3, -0.25) is 0 Å². The standard InChI is InChI=1S/C13H11NO.ClHO4/c1-2-15-13-10-7-3-5-9-6-4-8-11(14-13)12(9)10;2-1(3,4)5/h3-8H,2H2,1H3;(H,2,3,4,5). The third-order valence-electron chi connectivity index (χ3n) is 2.62. The van der Waals surface area contributed by atoms with E-state index in [1.165, 1.54) is 10.8 Å². The highest BCUT2D eigenvalue weighted by molar-refractivity contribution is 6.16. The Kier molecular flexibility index (Phi) is 4.22. The number of rotatable bonds is 1. The molecule has 0 fully saturated rings. The largest absolute Gasteiger partial charge is 0.478 e. The first kappa shape index (κ1) is 14.7. The van der Waals surface area contributed by atoms with Crippen LogP contribution in [-0.2, 0) is 4.74 Å². The van der Waals surface area contributed by atoms with E-state index >= 15 is 0 Å². The van der Waals surface area contributed by atoms with Crippen molar-refractivity contribution in [1.82, 2.24) is 0 Å². The smallest absolute Gasteiger partial charge is 0.222 e. The molecule has 1 aliphatic heterocycles. The minimum Gasteiger partial charge on any atom is -0.478 e. The zero-order chi connectivity index (χ0) is 14.8. The highest BCUT2D eigenvalue weighted by Gasteiger charge is 2.18. The van der Waals surface area contributed by atoms with Gasteiger partial charge < -0.3 is 4.74 Å². The number of ether oxygens (including phenoxy) is 1. The maximum Gasteiger partial charge on any atom is 0.222 e. The summed E-state index contributed by atoms with van der Waals surface area (Å²) >= 11 is 0. The summed E-state index contributed by atoms with van der Waals surface area (Å²) in [5.74, 6) is 0.754. The summed E-state index contributed by atoms with van der Waals surface area (Å²) in [6.45, 7) is 2.63. The highest BCUT2D eigenvalue weighted by atomic mass is 35.7. The molecule has 106 valence electrons. The molecule has 3 rings (SSSR count). The van der Waals surface area contributed by atoms with E-state index in [-0.39, 0.29) is 0 Å². The van der Waals surface area contributed by atoms with Crippen LogP contribution in [0.2, 0.25) is 0 Å². The molecule has 1 N–H and O–H groups in total. The maximum atomic E-state index is 8.60. The van der Waals surface area contributed by atoms with E-state index in [9.17, 15) is 0 Å². The van der Waals surface area contributed by atoms with Gasteiger partial charge in [0, 0.05) is 10.9 Å². The molecule has 6 nitrogen and oxygen atoms in total. The summed E-state index contributed by atoms with van der Waals surface area (Å²) in [4.78, 5) is 4.48. The molecule has 0 radical (unpaired) electrons. The van der Waals surface area contributed by atoms with Gasteiger partial charge in [0.1, 0.15) is 0 Å². The Balaban J connectivity index is 0.000000257. The fraction of sp³-hybridized carbons (Fsp3) is 0.154. The van der Waals surface area contributed by atoms with E-state index in [4.69, 9.17) is 23.4 Å². The van der Waals surface area contributed by atoms with Crippen molar-refractivity contribution in [1.29, 1.82) is 0 Å². The number of hydrogen-bond donors (Lipinski definition) is 1. The van der Waals surface area contributed by atoms with Crippen molar-refractivity contribution < 1.29 is 33.6 Å². The zero-order valence-corrected chi connectivity index (χ0v) is 11.3. The van der Waals surface area contributed by atoms with Crippen LogP contribution in [0.4, 0.5) is 5.69 Å². The van der Waals surface area contributed by atoms with Gasteiger partial charge in [0.25, 0.3) is 0 Å². The SMILES string of the molecule is CCOC1=Nc2cccc3cccc1c23.[O-][Cl+3]([O-])([O-])O. The predicted octanol–water partition coefficient (Wildman–Crippen LogP) is -0.856. The first-order valence-electron chi connectivity index (χ1n) is 5.77. The Labute approximate surface area is 117 Å². The van der Waals surface area contributed by atoms with Crippen molar-refractivity contribution in [3.05, 3.63) is 42.0 Å². The molecule has 1 heterocycles. The topological polar surface area (TPSA) is 111 Å². The zero-order valence-electron chi connectivity index (χ0n) is 10.6. The lowest BCUT2D eigenvalue weighted by Gasteiger charge is -2.03. The van der Waals surface area contributed by atoms with Crippen LogP contribution in [0.3, 0.4) is 0 Å². The van der Waals surface area contributed by atoms with Crippen LogP contribution in [0, 0.1) is 10.2 Å². The van der Waals surface area contributed by atoms with E-state index in [0.29, 0.717) is 6.61 Å². The predicted molar refractivity (Wildman–Crippen MR) is 64.0 cm³/mol. The molecule has 7 heteroatoms. The molecule has 1 aliphatic rings. The molecule has 0 aromatic heterocycles. The van der Waals surface area contributed by atoms with Crippen molar-refractivity contribution in [2.75, 3.05) is 6.61 Å². The monoisotopic (exact) mass is 297 g/mol. The second-order valence-electron chi connectivity index (χ2n) is 3.93. The third-order valence-corrected chi connectivity index (χ3v) is 2.62. The van der Waals surface area contributed by atoms with Crippen molar-refractivity contribution in [2.24, 2.45) is 4.99 Å². The molecular weight excluding hydrogens is 286 g/mol. The Morgan fingerprint density at radius 3 is 2.35 bits per heavy atom.